The van der Waals surface area contributed by atoms with Crippen LogP contribution in [0.25, 0.3) is 22.1 Å². The molecule has 1 amide bonds. The van der Waals surface area contributed by atoms with Crippen molar-refractivity contribution in [3.05, 3.63) is 53.6 Å². The van der Waals surface area contributed by atoms with E-state index in [4.69, 9.17) is 16.6 Å². The van der Waals surface area contributed by atoms with E-state index in [9.17, 15) is 4.79 Å². The van der Waals surface area contributed by atoms with Gasteiger partial charge in [-0.2, -0.15) is 0 Å². The average Bonchev–Trinajstić information content (AvgIpc) is 3.07. The van der Waals surface area contributed by atoms with E-state index in [1.807, 2.05) is 25.1 Å². The summed E-state index contributed by atoms with van der Waals surface area (Å²) in [5.74, 6) is -0.0948. The van der Waals surface area contributed by atoms with Crippen LogP contribution in [0.4, 0.5) is 5.69 Å². The van der Waals surface area contributed by atoms with Crippen LogP contribution < -0.4 is 5.32 Å². The van der Waals surface area contributed by atoms with Gasteiger partial charge in [-0.25, -0.2) is 4.98 Å². The number of aryl methyl sites for hydroxylation is 1. The fraction of sp³-hybridized carbons (Fsp3) is 0.273. The number of carbonyl (C=O) groups excluding carboxylic acids is 1. The normalized spacial score (nSPS) is 12.4. The first kappa shape index (κ1) is 20.6. The van der Waals surface area contributed by atoms with Gasteiger partial charge in [-0.3, -0.25) is 4.79 Å². The van der Waals surface area contributed by atoms with Crippen molar-refractivity contribution in [2.45, 2.75) is 43.6 Å². The first-order valence-electron chi connectivity index (χ1n) is 9.95. The summed E-state index contributed by atoms with van der Waals surface area (Å²) < 4.78 is 2.18. The van der Waals surface area contributed by atoms with Crippen LogP contribution in [0, 0.1) is 0 Å². The fourth-order valence-electron chi connectivity index (χ4n) is 3.39. The number of aromatic nitrogens is 4. The molecule has 2 heterocycles. The quantitative estimate of drug-likeness (QED) is 0.382. The Hall–Kier alpha value is -2.64. The first-order valence-corrected chi connectivity index (χ1v) is 11.2. The molecule has 0 aliphatic carbocycles. The molecule has 4 aromatic rings. The molecule has 1 N–H and O–H groups in total. The van der Waals surface area contributed by atoms with Gasteiger partial charge < -0.3 is 9.88 Å². The third-order valence-corrected chi connectivity index (χ3v) is 6.29. The molecule has 0 saturated heterocycles. The second kappa shape index (κ2) is 9.02. The second-order valence-electron chi connectivity index (χ2n) is 6.95. The summed E-state index contributed by atoms with van der Waals surface area (Å²) in [5, 5.41) is 13.5. The van der Waals surface area contributed by atoms with E-state index in [-0.39, 0.29) is 11.2 Å². The number of amides is 1. The van der Waals surface area contributed by atoms with Gasteiger partial charge in [-0.05, 0) is 43.2 Å². The van der Waals surface area contributed by atoms with Crippen LogP contribution in [0.15, 0.2) is 53.7 Å². The molecule has 1 unspecified atom stereocenters. The lowest BCUT2D eigenvalue weighted by Crippen LogP contribution is -2.24. The number of halogens is 1. The highest BCUT2D eigenvalue weighted by Crippen LogP contribution is 2.29. The largest absolute Gasteiger partial charge is 0.325 e. The van der Waals surface area contributed by atoms with Crippen molar-refractivity contribution in [2.75, 3.05) is 5.32 Å². The summed E-state index contributed by atoms with van der Waals surface area (Å²) in [7, 11) is 0. The number of nitrogens with one attached hydrogen (secondary N) is 1. The molecule has 6 nitrogen and oxygen atoms in total. The zero-order chi connectivity index (χ0) is 21.1. The minimum Gasteiger partial charge on any atom is -0.325 e. The molecule has 30 heavy (non-hydrogen) atoms. The van der Waals surface area contributed by atoms with Crippen LogP contribution in [-0.4, -0.2) is 30.9 Å². The third kappa shape index (κ3) is 4.13. The highest BCUT2D eigenvalue weighted by molar-refractivity contribution is 8.00. The Morgan fingerprint density at radius 2 is 1.90 bits per heavy atom. The zero-order valence-electron chi connectivity index (χ0n) is 16.8. The highest BCUT2D eigenvalue weighted by Gasteiger charge is 2.21. The summed E-state index contributed by atoms with van der Waals surface area (Å²) in [4.78, 5) is 17.5. The minimum absolute atomic E-state index is 0.0948. The van der Waals surface area contributed by atoms with Gasteiger partial charge in [0.1, 0.15) is 5.52 Å². The molecule has 0 aliphatic rings. The van der Waals surface area contributed by atoms with Gasteiger partial charge in [0.15, 0.2) is 5.65 Å². The Morgan fingerprint density at radius 1 is 1.13 bits per heavy atom. The van der Waals surface area contributed by atoms with Crippen LogP contribution in [-0.2, 0) is 11.3 Å². The first-order chi connectivity index (χ1) is 14.6. The van der Waals surface area contributed by atoms with Gasteiger partial charge in [0.05, 0.1) is 10.8 Å². The minimum atomic E-state index is -0.330. The van der Waals surface area contributed by atoms with Gasteiger partial charge in [-0.15, -0.1) is 10.2 Å². The average molecular weight is 440 g/mol. The Morgan fingerprint density at radius 3 is 2.63 bits per heavy atom. The van der Waals surface area contributed by atoms with Crippen LogP contribution >= 0.6 is 23.4 Å². The molecule has 0 bridgehead atoms. The number of fused-ring (bicyclic) bond motifs is 3. The van der Waals surface area contributed by atoms with E-state index >= 15 is 0 Å². The summed E-state index contributed by atoms with van der Waals surface area (Å²) in [6.45, 7) is 4.96. The molecule has 0 aliphatic heterocycles. The Balaban J connectivity index is 1.61. The molecule has 154 valence electrons. The number of benzene rings is 2. The number of carbonyl (C=O) groups is 1. The maximum atomic E-state index is 12.8. The van der Waals surface area contributed by atoms with Crippen molar-refractivity contribution in [3.8, 4) is 0 Å². The molecule has 8 heteroatoms. The predicted molar refractivity (Wildman–Crippen MR) is 123 cm³/mol. The van der Waals surface area contributed by atoms with Gasteiger partial charge in [0, 0.05) is 22.6 Å². The van der Waals surface area contributed by atoms with Crippen molar-refractivity contribution in [3.63, 3.8) is 0 Å². The van der Waals surface area contributed by atoms with Crippen LogP contribution in [0.3, 0.4) is 0 Å². The zero-order valence-corrected chi connectivity index (χ0v) is 18.4. The highest BCUT2D eigenvalue weighted by atomic mass is 35.5. The fourth-order valence-corrected chi connectivity index (χ4v) is 4.33. The maximum absolute atomic E-state index is 12.8. The van der Waals surface area contributed by atoms with Crippen molar-refractivity contribution < 1.29 is 4.79 Å². The van der Waals surface area contributed by atoms with E-state index in [2.05, 4.69) is 33.1 Å². The van der Waals surface area contributed by atoms with Gasteiger partial charge in [0.2, 0.25) is 11.1 Å². The topological polar surface area (TPSA) is 72.7 Å². The molecule has 0 fully saturated rings. The standard InChI is InChI=1S/C22H22ClN5OS/c1-3-13-28-17-8-6-5-7-16(17)19-20(28)25-22(27-26-19)30-18(4-2)21(29)24-15-11-9-14(23)10-12-15/h5-12,18H,3-4,13H2,1-2H3,(H,24,29). The molecular weight excluding hydrogens is 418 g/mol. The van der Waals surface area contributed by atoms with E-state index in [0.717, 1.165) is 35.0 Å². The number of hydrogen-bond donors (Lipinski definition) is 1. The van der Waals surface area contributed by atoms with E-state index in [0.29, 0.717) is 22.3 Å². The molecule has 1 atom stereocenters. The summed E-state index contributed by atoms with van der Waals surface area (Å²) in [6, 6.07) is 15.2. The van der Waals surface area contributed by atoms with Gasteiger partial charge >= 0.3 is 0 Å². The lowest BCUT2D eigenvalue weighted by molar-refractivity contribution is -0.115. The summed E-state index contributed by atoms with van der Waals surface area (Å²) >= 11 is 7.25. The maximum Gasteiger partial charge on any atom is 0.237 e. The lowest BCUT2D eigenvalue weighted by Gasteiger charge is -2.13. The SMILES string of the molecule is CCCn1c2ccccc2c2nnc(SC(CC)C(=O)Nc3ccc(Cl)cc3)nc21. The van der Waals surface area contributed by atoms with Crippen molar-refractivity contribution in [2.24, 2.45) is 0 Å². The van der Waals surface area contributed by atoms with Gasteiger partial charge in [0.25, 0.3) is 0 Å². The molecular formula is C22H22ClN5OS. The Labute approximate surface area is 184 Å². The number of nitrogens with zero attached hydrogens (tertiary/aromatic N) is 4. The molecule has 0 spiro atoms. The molecule has 0 radical (unpaired) electrons. The molecule has 0 saturated carbocycles. The predicted octanol–water partition coefficient (Wildman–Crippen LogP) is 5.55. The van der Waals surface area contributed by atoms with Crippen molar-refractivity contribution in [1.29, 1.82) is 0 Å². The van der Waals surface area contributed by atoms with Crippen LogP contribution in [0.2, 0.25) is 5.02 Å². The van der Waals surface area contributed by atoms with Crippen LogP contribution in [0.1, 0.15) is 26.7 Å². The van der Waals surface area contributed by atoms with Gasteiger partial charge in [-0.1, -0.05) is 55.4 Å². The third-order valence-electron chi connectivity index (χ3n) is 4.82. The van der Waals surface area contributed by atoms with E-state index in [1.165, 1.54) is 11.8 Å². The molecule has 2 aromatic carbocycles. The Kier molecular flexibility index (Phi) is 6.20. The summed E-state index contributed by atoms with van der Waals surface area (Å²) in [6.07, 6.45) is 1.63. The Bertz CT molecular complexity index is 1190. The molecule has 4 rings (SSSR count). The second-order valence-corrected chi connectivity index (χ2v) is 8.55. The molecule has 2 aromatic heterocycles. The lowest BCUT2D eigenvalue weighted by atomic mass is 10.2. The number of para-hydroxylation sites is 1. The number of thioether (sulfide) groups is 1. The number of hydrogen-bond acceptors (Lipinski definition) is 5. The van der Waals surface area contributed by atoms with Crippen molar-refractivity contribution >= 4 is 57.0 Å². The van der Waals surface area contributed by atoms with Crippen molar-refractivity contribution in [1.82, 2.24) is 19.7 Å². The van der Waals surface area contributed by atoms with E-state index < -0.39 is 0 Å². The summed E-state index contributed by atoms with van der Waals surface area (Å²) in [5.41, 5.74) is 3.41. The monoisotopic (exact) mass is 439 g/mol. The van der Waals surface area contributed by atoms with Crippen LogP contribution in [0.5, 0.6) is 0 Å². The smallest absolute Gasteiger partial charge is 0.237 e. The van der Waals surface area contributed by atoms with E-state index in [1.54, 1.807) is 24.3 Å². The number of rotatable bonds is 7. The number of anilines is 1.